The Morgan fingerprint density at radius 1 is 1.47 bits per heavy atom. The van der Waals surface area contributed by atoms with E-state index in [0.717, 1.165) is 5.69 Å². The first-order valence-corrected chi connectivity index (χ1v) is 5.81. The number of rotatable bonds is 5. The van der Waals surface area contributed by atoms with Crippen LogP contribution in [0.5, 0.6) is 0 Å². The molecule has 0 aliphatic rings. The van der Waals surface area contributed by atoms with Gasteiger partial charge in [-0.05, 0) is 5.21 Å². The van der Waals surface area contributed by atoms with E-state index in [4.69, 9.17) is 5.73 Å². The maximum atomic E-state index is 11.9. The predicted octanol–water partition coefficient (Wildman–Crippen LogP) is -1.79. The van der Waals surface area contributed by atoms with Crippen LogP contribution in [-0.2, 0) is 13.6 Å². The molecule has 0 unspecified atom stereocenters. The highest BCUT2D eigenvalue weighted by Gasteiger charge is 2.07. The lowest BCUT2D eigenvalue weighted by Gasteiger charge is -2.17. The van der Waals surface area contributed by atoms with Gasteiger partial charge in [0.25, 0.3) is 5.56 Å². The van der Waals surface area contributed by atoms with Crippen LogP contribution >= 0.6 is 0 Å². The van der Waals surface area contributed by atoms with Gasteiger partial charge in [0.2, 0.25) is 0 Å². The van der Waals surface area contributed by atoms with Crippen molar-refractivity contribution in [3.63, 3.8) is 0 Å². The molecule has 2 aromatic heterocycles. The minimum Gasteiger partial charge on any atom is -0.372 e. The van der Waals surface area contributed by atoms with Crippen molar-refractivity contribution in [1.82, 2.24) is 30.0 Å². The van der Waals surface area contributed by atoms with Gasteiger partial charge in [-0.1, -0.05) is 0 Å². The second-order valence-corrected chi connectivity index (χ2v) is 4.12. The average molecular weight is 264 g/mol. The summed E-state index contributed by atoms with van der Waals surface area (Å²) in [6.07, 6.45) is 1.62. The number of likely N-dealkylation sites (N-methyl/N-ethyl adjacent to an activating group) is 1. The van der Waals surface area contributed by atoms with Crippen LogP contribution in [0.4, 0.5) is 5.69 Å². The maximum Gasteiger partial charge on any atom is 0.269 e. The largest absolute Gasteiger partial charge is 0.372 e. The van der Waals surface area contributed by atoms with Crippen molar-refractivity contribution in [1.29, 1.82) is 0 Å². The quantitative estimate of drug-likeness (QED) is 0.679. The third kappa shape index (κ3) is 3.13. The summed E-state index contributed by atoms with van der Waals surface area (Å²) in [5, 5.41) is 15.6. The molecule has 2 heterocycles. The number of nitrogens with two attached hydrogens (primary N) is 1. The minimum absolute atomic E-state index is 0.202. The summed E-state index contributed by atoms with van der Waals surface area (Å²) in [4.78, 5) is 15.1. The summed E-state index contributed by atoms with van der Waals surface area (Å²) in [6, 6.07) is 1.51. The maximum absolute atomic E-state index is 11.9. The van der Waals surface area contributed by atoms with Crippen LogP contribution in [0.3, 0.4) is 0 Å². The summed E-state index contributed by atoms with van der Waals surface area (Å²) in [7, 11) is 3.52. The smallest absolute Gasteiger partial charge is 0.269 e. The van der Waals surface area contributed by atoms with Gasteiger partial charge >= 0.3 is 0 Å². The van der Waals surface area contributed by atoms with Crippen LogP contribution in [0.25, 0.3) is 0 Å². The van der Waals surface area contributed by atoms with Crippen LogP contribution in [0.2, 0.25) is 0 Å². The minimum atomic E-state index is -0.214. The van der Waals surface area contributed by atoms with E-state index in [1.54, 1.807) is 13.2 Å². The summed E-state index contributed by atoms with van der Waals surface area (Å²) in [5.74, 6) is 0.445. The molecule has 0 amide bonds. The summed E-state index contributed by atoms with van der Waals surface area (Å²) < 4.78 is 1.29. The Kier molecular flexibility index (Phi) is 3.85. The Hall–Kier alpha value is -2.29. The molecular weight excluding hydrogens is 248 g/mol. The van der Waals surface area contributed by atoms with Crippen molar-refractivity contribution >= 4 is 5.69 Å². The lowest BCUT2D eigenvalue weighted by atomic mass is 10.4. The molecule has 0 spiro atoms. The zero-order valence-electron chi connectivity index (χ0n) is 10.9. The molecule has 0 fully saturated rings. The fourth-order valence-electron chi connectivity index (χ4n) is 1.59. The fourth-order valence-corrected chi connectivity index (χ4v) is 1.59. The molecule has 0 radical (unpaired) electrons. The Labute approximate surface area is 109 Å². The number of hydrogen-bond donors (Lipinski definition) is 1. The number of aromatic nitrogens is 6. The molecule has 0 aromatic carbocycles. The van der Waals surface area contributed by atoms with E-state index < -0.39 is 0 Å². The molecule has 2 N–H and O–H groups in total. The van der Waals surface area contributed by atoms with Gasteiger partial charge in [-0.25, -0.2) is 4.68 Å². The summed E-state index contributed by atoms with van der Waals surface area (Å²) >= 11 is 0. The number of tetrazole rings is 1. The SMILES string of the molecule is CN(CCN)c1cnn(Cc2nnn(C)n2)c(=O)c1. The first kappa shape index (κ1) is 13.1. The third-order valence-electron chi connectivity index (χ3n) is 2.60. The first-order valence-electron chi connectivity index (χ1n) is 5.81. The van der Waals surface area contributed by atoms with E-state index in [9.17, 15) is 4.79 Å². The Morgan fingerprint density at radius 3 is 2.84 bits per heavy atom. The van der Waals surface area contributed by atoms with Gasteiger partial charge in [-0.2, -0.15) is 9.90 Å². The van der Waals surface area contributed by atoms with Crippen LogP contribution in [-0.4, -0.2) is 50.1 Å². The van der Waals surface area contributed by atoms with Gasteiger partial charge in [-0.3, -0.25) is 4.79 Å². The average Bonchev–Trinajstić information content (AvgIpc) is 2.78. The van der Waals surface area contributed by atoms with Gasteiger partial charge in [-0.15, -0.1) is 10.2 Å². The molecule has 102 valence electrons. The molecule has 19 heavy (non-hydrogen) atoms. The number of aryl methyl sites for hydroxylation is 1. The zero-order chi connectivity index (χ0) is 13.8. The van der Waals surface area contributed by atoms with Gasteiger partial charge in [0.05, 0.1) is 18.9 Å². The highest BCUT2D eigenvalue weighted by Crippen LogP contribution is 2.05. The van der Waals surface area contributed by atoms with E-state index in [1.165, 1.54) is 15.5 Å². The molecule has 0 atom stereocenters. The highest BCUT2D eigenvalue weighted by atomic mass is 16.1. The molecule has 0 bridgehead atoms. The van der Waals surface area contributed by atoms with Crippen LogP contribution in [0.15, 0.2) is 17.1 Å². The topological polar surface area (TPSA) is 108 Å². The van der Waals surface area contributed by atoms with Crippen LogP contribution in [0.1, 0.15) is 5.82 Å². The van der Waals surface area contributed by atoms with Gasteiger partial charge in [0, 0.05) is 26.2 Å². The third-order valence-corrected chi connectivity index (χ3v) is 2.60. The van der Waals surface area contributed by atoms with E-state index >= 15 is 0 Å². The Bertz CT molecular complexity index is 604. The monoisotopic (exact) mass is 264 g/mol. The van der Waals surface area contributed by atoms with Crippen molar-refractivity contribution < 1.29 is 0 Å². The molecule has 0 aliphatic carbocycles. The molecule has 9 heteroatoms. The van der Waals surface area contributed by atoms with Crippen molar-refractivity contribution in [3.8, 4) is 0 Å². The number of anilines is 1. The van der Waals surface area contributed by atoms with Crippen molar-refractivity contribution in [3.05, 3.63) is 28.4 Å². The van der Waals surface area contributed by atoms with E-state index in [0.29, 0.717) is 18.9 Å². The van der Waals surface area contributed by atoms with Gasteiger partial charge < -0.3 is 10.6 Å². The predicted molar refractivity (Wildman–Crippen MR) is 68.7 cm³/mol. The van der Waals surface area contributed by atoms with Crippen molar-refractivity contribution in [2.45, 2.75) is 6.54 Å². The lowest BCUT2D eigenvalue weighted by Crippen LogP contribution is -2.29. The van der Waals surface area contributed by atoms with E-state index in [1.807, 2.05) is 11.9 Å². The second-order valence-electron chi connectivity index (χ2n) is 4.12. The first-order chi connectivity index (χ1) is 9.10. The molecule has 0 aliphatic heterocycles. The number of hydrogen-bond acceptors (Lipinski definition) is 7. The molecule has 2 aromatic rings. The fraction of sp³-hybridized carbons (Fsp3) is 0.500. The summed E-state index contributed by atoms with van der Waals surface area (Å²) in [5.41, 5.74) is 5.99. The molecule has 0 saturated carbocycles. The van der Waals surface area contributed by atoms with Crippen LogP contribution in [0, 0.1) is 0 Å². The molecule has 0 saturated heterocycles. The van der Waals surface area contributed by atoms with Crippen molar-refractivity contribution in [2.24, 2.45) is 12.8 Å². The van der Waals surface area contributed by atoms with Gasteiger partial charge in [0.15, 0.2) is 5.82 Å². The number of nitrogens with zero attached hydrogens (tertiary/aromatic N) is 7. The van der Waals surface area contributed by atoms with Crippen LogP contribution < -0.4 is 16.2 Å². The van der Waals surface area contributed by atoms with E-state index in [-0.39, 0.29) is 12.1 Å². The Balaban J connectivity index is 2.17. The lowest BCUT2D eigenvalue weighted by molar-refractivity contribution is 0.600. The Morgan fingerprint density at radius 2 is 2.26 bits per heavy atom. The zero-order valence-corrected chi connectivity index (χ0v) is 10.9. The summed E-state index contributed by atoms with van der Waals surface area (Å²) in [6.45, 7) is 1.38. The molecule has 9 nitrogen and oxygen atoms in total. The standard InChI is InChI=1S/C10H16N8O/c1-16(4-3-11)8-5-10(19)18(12-6-8)7-9-13-15-17(2)14-9/h5-6H,3-4,7,11H2,1-2H3. The van der Waals surface area contributed by atoms with E-state index in [2.05, 4.69) is 20.5 Å². The highest BCUT2D eigenvalue weighted by molar-refractivity contribution is 5.41. The second kappa shape index (κ2) is 5.57. The normalized spacial score (nSPS) is 10.7. The molecule has 2 rings (SSSR count). The molecular formula is C10H16N8O. The van der Waals surface area contributed by atoms with Gasteiger partial charge in [0.1, 0.15) is 6.54 Å². The van der Waals surface area contributed by atoms with Crippen molar-refractivity contribution in [2.75, 3.05) is 25.0 Å².